The van der Waals surface area contributed by atoms with Gasteiger partial charge < -0.3 is 10.2 Å². The lowest BCUT2D eigenvalue weighted by molar-refractivity contribution is -0.113. The molecule has 0 bridgehead atoms. The second-order valence-electron chi connectivity index (χ2n) is 5.70. The Morgan fingerprint density at radius 2 is 2.00 bits per heavy atom. The molecule has 2 rings (SSSR count). The molecule has 20 heavy (non-hydrogen) atoms. The molecule has 0 aliphatic carbocycles. The molecule has 2 unspecified atom stereocenters. The molecule has 1 heterocycles. The van der Waals surface area contributed by atoms with Gasteiger partial charge in [0.25, 0.3) is 0 Å². The Kier molecular flexibility index (Phi) is 5.17. The van der Waals surface area contributed by atoms with E-state index in [9.17, 15) is 4.79 Å². The first-order valence-electron chi connectivity index (χ1n) is 6.90. The molecule has 1 amide bonds. The molecule has 1 aromatic rings. The number of carbonyl (C=O) groups is 1. The maximum absolute atomic E-state index is 11.3. The maximum Gasteiger partial charge on any atom is 0.239 e. The largest absolute Gasteiger partial charge is 0.370 e. The van der Waals surface area contributed by atoms with Gasteiger partial charge in [0, 0.05) is 18.8 Å². The van der Waals surface area contributed by atoms with Crippen LogP contribution in [-0.2, 0) is 4.79 Å². The maximum atomic E-state index is 11.3. The summed E-state index contributed by atoms with van der Waals surface area (Å²) in [4.78, 5) is 13.6. The van der Waals surface area contributed by atoms with Crippen molar-refractivity contribution in [3.63, 3.8) is 0 Å². The lowest BCUT2D eigenvalue weighted by atomic mass is 9.91. The minimum atomic E-state index is -0.226. The third-order valence-corrected chi connectivity index (χ3v) is 4.11. The number of alkyl halides is 1. The summed E-state index contributed by atoms with van der Waals surface area (Å²) < 4.78 is 0. The summed E-state index contributed by atoms with van der Waals surface area (Å²) in [6.45, 7) is 6.59. The fraction of sp³-hybridized carbons (Fsp3) is 0.533. The van der Waals surface area contributed by atoms with Gasteiger partial charge in [0.15, 0.2) is 0 Å². The Bertz CT molecular complexity index is 483. The fourth-order valence-corrected chi connectivity index (χ4v) is 3.26. The third-order valence-electron chi connectivity index (χ3n) is 3.56. The molecule has 1 saturated heterocycles. The minimum Gasteiger partial charge on any atom is -0.370 e. The standard InChI is InChI=1S/C15H20Cl2N2O/c1-10-5-11(2)9-19(8-10)14-4-3-12(6-13(14)17)18-15(20)7-16/h3-4,6,10-11H,5,7-9H2,1-2H3,(H,18,20). The molecule has 2 atom stereocenters. The van der Waals surface area contributed by atoms with Gasteiger partial charge in [0.1, 0.15) is 5.88 Å². The van der Waals surface area contributed by atoms with Gasteiger partial charge in [-0.3, -0.25) is 4.79 Å². The Morgan fingerprint density at radius 3 is 2.55 bits per heavy atom. The van der Waals surface area contributed by atoms with E-state index in [-0.39, 0.29) is 11.8 Å². The second-order valence-corrected chi connectivity index (χ2v) is 6.37. The van der Waals surface area contributed by atoms with Crippen LogP contribution in [0.2, 0.25) is 5.02 Å². The molecule has 0 spiro atoms. The van der Waals surface area contributed by atoms with Gasteiger partial charge in [-0.2, -0.15) is 0 Å². The van der Waals surface area contributed by atoms with Crippen molar-refractivity contribution in [1.82, 2.24) is 0 Å². The number of rotatable bonds is 3. The van der Waals surface area contributed by atoms with Crippen LogP contribution in [0.15, 0.2) is 18.2 Å². The van der Waals surface area contributed by atoms with E-state index in [0.29, 0.717) is 22.5 Å². The summed E-state index contributed by atoms with van der Waals surface area (Å²) in [6, 6.07) is 5.62. The molecule has 5 heteroatoms. The number of hydrogen-bond acceptors (Lipinski definition) is 2. The smallest absolute Gasteiger partial charge is 0.239 e. The van der Waals surface area contributed by atoms with Crippen LogP contribution in [0.3, 0.4) is 0 Å². The van der Waals surface area contributed by atoms with E-state index in [1.165, 1.54) is 6.42 Å². The highest BCUT2D eigenvalue weighted by atomic mass is 35.5. The quantitative estimate of drug-likeness (QED) is 0.855. The van der Waals surface area contributed by atoms with Crippen molar-refractivity contribution in [2.24, 2.45) is 11.8 Å². The predicted octanol–water partition coefficient (Wildman–Crippen LogP) is 4.00. The normalized spacial score (nSPS) is 22.7. The number of piperidine rings is 1. The number of halogens is 2. The molecule has 1 fully saturated rings. The zero-order chi connectivity index (χ0) is 14.7. The predicted molar refractivity (Wildman–Crippen MR) is 86.0 cm³/mol. The molecule has 1 aromatic carbocycles. The molecule has 3 nitrogen and oxygen atoms in total. The molecule has 110 valence electrons. The van der Waals surface area contributed by atoms with Crippen LogP contribution in [0.25, 0.3) is 0 Å². The third kappa shape index (κ3) is 3.80. The van der Waals surface area contributed by atoms with Crippen LogP contribution >= 0.6 is 23.2 Å². The van der Waals surface area contributed by atoms with E-state index in [2.05, 4.69) is 24.1 Å². The molecule has 1 aliphatic heterocycles. The van der Waals surface area contributed by atoms with Crippen LogP contribution in [0.5, 0.6) is 0 Å². The average Bonchev–Trinajstić information content (AvgIpc) is 2.37. The van der Waals surface area contributed by atoms with Crippen molar-refractivity contribution < 1.29 is 4.79 Å². The Labute approximate surface area is 130 Å². The van der Waals surface area contributed by atoms with Crippen LogP contribution in [-0.4, -0.2) is 24.9 Å². The lowest BCUT2D eigenvalue weighted by Crippen LogP contribution is -2.38. The summed E-state index contributed by atoms with van der Waals surface area (Å²) in [5, 5.41) is 3.37. The monoisotopic (exact) mass is 314 g/mol. The lowest BCUT2D eigenvalue weighted by Gasteiger charge is -2.37. The molecule has 0 aromatic heterocycles. The highest BCUT2D eigenvalue weighted by Crippen LogP contribution is 2.33. The minimum absolute atomic E-state index is 0.0550. The van der Waals surface area contributed by atoms with Gasteiger partial charge in [-0.15, -0.1) is 11.6 Å². The number of benzene rings is 1. The highest BCUT2D eigenvalue weighted by molar-refractivity contribution is 6.33. The first kappa shape index (κ1) is 15.5. The van der Waals surface area contributed by atoms with E-state index in [0.717, 1.165) is 18.8 Å². The summed E-state index contributed by atoms with van der Waals surface area (Å²) in [5.74, 6) is 1.06. The Balaban J connectivity index is 2.15. The first-order valence-corrected chi connectivity index (χ1v) is 7.81. The zero-order valence-electron chi connectivity index (χ0n) is 11.8. The van der Waals surface area contributed by atoms with Crippen LogP contribution in [0, 0.1) is 11.8 Å². The van der Waals surface area contributed by atoms with Gasteiger partial charge in [0.05, 0.1) is 10.7 Å². The van der Waals surface area contributed by atoms with Gasteiger partial charge in [-0.1, -0.05) is 25.4 Å². The number of nitrogens with zero attached hydrogens (tertiary/aromatic N) is 1. The van der Waals surface area contributed by atoms with Gasteiger partial charge >= 0.3 is 0 Å². The van der Waals surface area contributed by atoms with E-state index in [1.807, 2.05) is 12.1 Å². The number of nitrogens with one attached hydrogen (secondary N) is 1. The van der Waals surface area contributed by atoms with Gasteiger partial charge in [-0.25, -0.2) is 0 Å². The van der Waals surface area contributed by atoms with E-state index < -0.39 is 0 Å². The summed E-state index contributed by atoms with van der Waals surface area (Å²) >= 11 is 11.8. The van der Waals surface area contributed by atoms with Gasteiger partial charge in [0.2, 0.25) is 5.91 Å². The van der Waals surface area contributed by atoms with Crippen LogP contribution in [0.4, 0.5) is 11.4 Å². The molecule has 1 N–H and O–H groups in total. The Morgan fingerprint density at radius 1 is 1.35 bits per heavy atom. The van der Waals surface area contributed by atoms with Crippen molar-refractivity contribution in [2.45, 2.75) is 20.3 Å². The average molecular weight is 315 g/mol. The molecule has 0 radical (unpaired) electrons. The van der Waals surface area contributed by atoms with Crippen molar-refractivity contribution >= 4 is 40.5 Å². The van der Waals surface area contributed by atoms with Crippen molar-refractivity contribution in [1.29, 1.82) is 0 Å². The molecule has 0 saturated carbocycles. The Hall–Kier alpha value is -0.930. The van der Waals surface area contributed by atoms with Crippen LogP contribution < -0.4 is 10.2 Å². The molecular formula is C15H20Cl2N2O. The highest BCUT2D eigenvalue weighted by Gasteiger charge is 2.23. The van der Waals surface area contributed by atoms with E-state index in [4.69, 9.17) is 23.2 Å². The summed E-state index contributed by atoms with van der Waals surface area (Å²) in [7, 11) is 0. The summed E-state index contributed by atoms with van der Waals surface area (Å²) in [5.41, 5.74) is 1.72. The first-order chi connectivity index (χ1) is 9.49. The SMILES string of the molecule is CC1CC(C)CN(c2ccc(NC(=O)CCl)cc2Cl)C1. The van der Waals surface area contributed by atoms with Crippen molar-refractivity contribution in [3.05, 3.63) is 23.2 Å². The van der Waals surface area contributed by atoms with Crippen molar-refractivity contribution in [3.8, 4) is 0 Å². The number of anilines is 2. The number of carbonyl (C=O) groups excluding carboxylic acids is 1. The zero-order valence-corrected chi connectivity index (χ0v) is 13.3. The fourth-order valence-electron chi connectivity index (χ4n) is 2.90. The molecular weight excluding hydrogens is 295 g/mol. The van der Waals surface area contributed by atoms with E-state index in [1.54, 1.807) is 6.07 Å². The van der Waals surface area contributed by atoms with Gasteiger partial charge in [-0.05, 0) is 36.5 Å². The second kappa shape index (κ2) is 6.68. The molecule has 1 aliphatic rings. The summed E-state index contributed by atoms with van der Waals surface area (Å²) in [6.07, 6.45) is 1.26. The number of amides is 1. The topological polar surface area (TPSA) is 32.3 Å². The van der Waals surface area contributed by atoms with Crippen LogP contribution in [0.1, 0.15) is 20.3 Å². The van der Waals surface area contributed by atoms with E-state index >= 15 is 0 Å². The van der Waals surface area contributed by atoms with Crippen molar-refractivity contribution in [2.75, 3.05) is 29.2 Å². The number of hydrogen-bond donors (Lipinski definition) is 1.